The second kappa shape index (κ2) is 8.21. The summed E-state index contributed by atoms with van der Waals surface area (Å²) in [7, 11) is -3.67. The highest BCUT2D eigenvalue weighted by molar-refractivity contribution is 7.89. The lowest BCUT2D eigenvalue weighted by Gasteiger charge is -2.30. The Labute approximate surface area is 160 Å². The summed E-state index contributed by atoms with van der Waals surface area (Å²) in [5, 5.41) is 8.09. The monoisotopic (exact) mass is 388 g/mol. The van der Waals surface area contributed by atoms with Crippen molar-refractivity contribution < 1.29 is 18.1 Å². The van der Waals surface area contributed by atoms with Gasteiger partial charge in [-0.2, -0.15) is 0 Å². The van der Waals surface area contributed by atoms with Gasteiger partial charge in [-0.15, -0.1) is 0 Å². The van der Waals surface area contributed by atoms with Crippen LogP contribution in [0.5, 0.6) is 0 Å². The molecule has 1 aliphatic rings. The predicted molar refractivity (Wildman–Crippen MR) is 104 cm³/mol. The Kier molecular flexibility index (Phi) is 5.94. The van der Waals surface area contributed by atoms with Gasteiger partial charge in [0.15, 0.2) is 6.04 Å². The highest BCUT2D eigenvalue weighted by atomic mass is 32.2. The molecule has 7 heteroatoms. The standard InChI is InChI=1S/C20H25N3O3S/c1-15(23-13-11-17-4-2-3-5-18(17)14-23)20(24)22-12-10-16-6-8-19(9-7-16)27(21,25)26/h2-9,15H,10-14H2,1H3,(H,22,24)(H2,21,25,26)/p+1/t15-/m0/s1. The van der Waals surface area contributed by atoms with Crippen molar-refractivity contribution in [1.82, 2.24) is 5.32 Å². The number of fused-ring (bicyclic) bond motifs is 1. The maximum absolute atomic E-state index is 12.5. The summed E-state index contributed by atoms with van der Waals surface area (Å²) in [5.74, 6) is 0.0468. The highest BCUT2D eigenvalue weighted by Gasteiger charge is 2.28. The summed E-state index contributed by atoms with van der Waals surface area (Å²) in [4.78, 5) is 13.9. The van der Waals surface area contributed by atoms with Crippen LogP contribution in [0.25, 0.3) is 0 Å². The molecule has 0 fully saturated rings. The lowest BCUT2D eigenvalue weighted by Crippen LogP contribution is -3.16. The molecule has 6 nitrogen and oxygen atoms in total. The number of carbonyl (C=O) groups is 1. The van der Waals surface area contributed by atoms with E-state index in [0.717, 1.165) is 25.1 Å². The zero-order chi connectivity index (χ0) is 19.4. The Morgan fingerprint density at radius 1 is 1.15 bits per heavy atom. The summed E-state index contributed by atoms with van der Waals surface area (Å²) < 4.78 is 22.5. The summed E-state index contributed by atoms with van der Waals surface area (Å²) in [6, 6.07) is 14.7. The van der Waals surface area contributed by atoms with Crippen LogP contribution in [0.2, 0.25) is 0 Å². The fourth-order valence-corrected chi connectivity index (χ4v) is 4.00. The second-order valence-corrected chi connectivity index (χ2v) is 8.62. The van der Waals surface area contributed by atoms with Crippen LogP contribution < -0.4 is 15.4 Å². The van der Waals surface area contributed by atoms with E-state index in [-0.39, 0.29) is 16.8 Å². The number of primary sulfonamides is 1. The molecule has 4 N–H and O–H groups in total. The number of benzene rings is 2. The third-order valence-corrected chi connectivity index (χ3v) is 6.15. The Morgan fingerprint density at radius 2 is 1.81 bits per heavy atom. The molecule has 0 aromatic heterocycles. The SMILES string of the molecule is C[C@@H](C(=O)NCCc1ccc(S(N)(=O)=O)cc1)[NH+]1CCc2ccccc2C1. The molecule has 0 saturated heterocycles. The summed E-state index contributed by atoms with van der Waals surface area (Å²) >= 11 is 0. The first-order valence-electron chi connectivity index (χ1n) is 9.15. The van der Waals surface area contributed by atoms with Crippen LogP contribution >= 0.6 is 0 Å². The Hall–Kier alpha value is -2.22. The molecule has 0 saturated carbocycles. The normalized spacial score (nSPS) is 17.8. The first kappa shape index (κ1) is 19.5. The second-order valence-electron chi connectivity index (χ2n) is 7.06. The van der Waals surface area contributed by atoms with Crippen molar-refractivity contribution >= 4 is 15.9 Å². The molecule has 27 heavy (non-hydrogen) atoms. The average Bonchev–Trinajstić information content (AvgIpc) is 2.66. The van der Waals surface area contributed by atoms with Crippen LogP contribution in [0.4, 0.5) is 0 Å². The topological polar surface area (TPSA) is 93.7 Å². The number of sulfonamides is 1. The van der Waals surface area contributed by atoms with Crippen LogP contribution in [0, 0.1) is 0 Å². The van der Waals surface area contributed by atoms with Crippen LogP contribution in [-0.4, -0.2) is 33.5 Å². The summed E-state index contributed by atoms with van der Waals surface area (Å²) in [5.41, 5.74) is 3.67. The molecular weight excluding hydrogens is 362 g/mol. The number of carbonyl (C=O) groups excluding carboxylic acids is 1. The van der Waals surface area contributed by atoms with Crippen LogP contribution in [-0.2, 0) is 34.2 Å². The van der Waals surface area contributed by atoms with Gasteiger partial charge in [-0.25, -0.2) is 13.6 Å². The molecule has 1 heterocycles. The van der Waals surface area contributed by atoms with Gasteiger partial charge in [0.2, 0.25) is 10.0 Å². The Morgan fingerprint density at radius 3 is 2.48 bits per heavy atom. The fraction of sp³-hybridized carbons (Fsp3) is 0.350. The van der Waals surface area contributed by atoms with Crippen LogP contribution in [0.1, 0.15) is 23.6 Å². The van der Waals surface area contributed by atoms with Gasteiger partial charge < -0.3 is 10.2 Å². The van der Waals surface area contributed by atoms with E-state index < -0.39 is 10.0 Å². The van der Waals surface area contributed by atoms with Crippen molar-refractivity contribution in [2.75, 3.05) is 13.1 Å². The van der Waals surface area contributed by atoms with Crippen LogP contribution in [0.3, 0.4) is 0 Å². The first-order valence-corrected chi connectivity index (χ1v) is 10.7. The third-order valence-electron chi connectivity index (χ3n) is 5.22. The minimum Gasteiger partial charge on any atom is -0.351 e. The zero-order valence-corrected chi connectivity index (χ0v) is 16.3. The quantitative estimate of drug-likeness (QED) is 0.651. The van der Waals surface area contributed by atoms with Gasteiger partial charge >= 0.3 is 0 Å². The maximum atomic E-state index is 12.5. The van der Waals surface area contributed by atoms with E-state index in [9.17, 15) is 13.2 Å². The summed E-state index contributed by atoms with van der Waals surface area (Å²) in [6.45, 7) is 4.32. The van der Waals surface area contributed by atoms with Crippen molar-refractivity contribution in [3.05, 3.63) is 65.2 Å². The first-order chi connectivity index (χ1) is 12.8. The molecule has 1 unspecified atom stereocenters. The number of amides is 1. The maximum Gasteiger partial charge on any atom is 0.278 e. The van der Waals surface area contributed by atoms with E-state index in [4.69, 9.17) is 5.14 Å². The highest BCUT2D eigenvalue weighted by Crippen LogP contribution is 2.11. The molecule has 0 radical (unpaired) electrons. The molecule has 0 bridgehead atoms. The number of quaternary nitrogens is 1. The lowest BCUT2D eigenvalue weighted by atomic mass is 9.99. The smallest absolute Gasteiger partial charge is 0.278 e. The van der Waals surface area contributed by atoms with Gasteiger partial charge in [-0.3, -0.25) is 4.79 Å². The predicted octanol–water partition coefficient (Wildman–Crippen LogP) is 0.0224. The lowest BCUT2D eigenvalue weighted by molar-refractivity contribution is -0.929. The molecule has 3 rings (SSSR count). The number of nitrogens with one attached hydrogen (secondary N) is 2. The molecule has 2 aromatic carbocycles. The van der Waals surface area contributed by atoms with Crippen molar-refractivity contribution in [3.63, 3.8) is 0 Å². The van der Waals surface area contributed by atoms with Crippen molar-refractivity contribution in [2.24, 2.45) is 5.14 Å². The van der Waals surface area contributed by atoms with Gasteiger partial charge in [-0.1, -0.05) is 36.4 Å². The van der Waals surface area contributed by atoms with Gasteiger partial charge in [0.05, 0.1) is 11.4 Å². The minimum atomic E-state index is -3.67. The van der Waals surface area contributed by atoms with E-state index in [0.29, 0.717) is 13.0 Å². The molecule has 0 spiro atoms. The minimum absolute atomic E-state index is 0.0468. The van der Waals surface area contributed by atoms with Crippen molar-refractivity contribution in [3.8, 4) is 0 Å². The number of rotatable bonds is 6. The Bertz CT molecular complexity index is 910. The molecule has 2 atom stereocenters. The molecule has 144 valence electrons. The van der Waals surface area contributed by atoms with Gasteiger partial charge in [0, 0.05) is 18.5 Å². The average molecular weight is 389 g/mol. The largest absolute Gasteiger partial charge is 0.351 e. The number of hydrogen-bond acceptors (Lipinski definition) is 3. The Balaban J connectivity index is 1.49. The van der Waals surface area contributed by atoms with E-state index in [2.05, 4.69) is 23.5 Å². The van der Waals surface area contributed by atoms with E-state index >= 15 is 0 Å². The molecule has 2 aromatic rings. The zero-order valence-electron chi connectivity index (χ0n) is 15.4. The number of nitrogens with two attached hydrogens (primary N) is 1. The van der Waals surface area contributed by atoms with E-state index in [1.165, 1.54) is 28.2 Å². The molecule has 1 aliphatic heterocycles. The number of hydrogen-bond donors (Lipinski definition) is 3. The van der Waals surface area contributed by atoms with Crippen LogP contribution in [0.15, 0.2) is 53.4 Å². The van der Waals surface area contributed by atoms with E-state index in [1.807, 2.05) is 13.0 Å². The third kappa shape index (κ3) is 4.94. The molecular formula is C20H26N3O3S+. The molecule has 0 aliphatic carbocycles. The van der Waals surface area contributed by atoms with Gasteiger partial charge in [-0.05, 0) is 36.6 Å². The van der Waals surface area contributed by atoms with Crippen molar-refractivity contribution in [1.29, 1.82) is 0 Å². The van der Waals surface area contributed by atoms with E-state index in [1.54, 1.807) is 12.1 Å². The summed E-state index contributed by atoms with van der Waals surface area (Å²) in [6.07, 6.45) is 1.64. The fourth-order valence-electron chi connectivity index (χ4n) is 3.49. The molecule has 1 amide bonds. The van der Waals surface area contributed by atoms with Gasteiger partial charge in [0.25, 0.3) is 5.91 Å². The van der Waals surface area contributed by atoms with Crippen molar-refractivity contribution in [2.45, 2.75) is 37.2 Å². The van der Waals surface area contributed by atoms with Gasteiger partial charge in [0.1, 0.15) is 6.54 Å².